The Bertz CT molecular complexity index is 650. The summed E-state index contributed by atoms with van der Waals surface area (Å²) in [5, 5.41) is 6.92. The van der Waals surface area contributed by atoms with Crippen molar-refractivity contribution < 1.29 is 4.39 Å². The van der Waals surface area contributed by atoms with Gasteiger partial charge in [0.05, 0.1) is 0 Å². The summed E-state index contributed by atoms with van der Waals surface area (Å²) in [6, 6.07) is 4.36. The van der Waals surface area contributed by atoms with E-state index in [1.54, 1.807) is 23.6 Å². The van der Waals surface area contributed by atoms with Crippen LogP contribution in [0.15, 0.2) is 33.0 Å². The normalized spacial score (nSPS) is 12.6. The third-order valence-electron chi connectivity index (χ3n) is 2.84. The van der Waals surface area contributed by atoms with E-state index < -0.39 is 6.04 Å². The molecule has 20 heavy (non-hydrogen) atoms. The Labute approximate surface area is 120 Å². The molecule has 1 atom stereocenters. The summed E-state index contributed by atoms with van der Waals surface area (Å²) in [5.41, 5.74) is 6.01. The Hall–Kier alpha value is -1.60. The second-order valence-corrected chi connectivity index (χ2v) is 5.51. The maximum atomic E-state index is 13.9. The minimum absolute atomic E-state index is 0.256. The minimum Gasteiger partial charge on any atom is -0.324 e. The number of aromatic nitrogens is 3. The topological polar surface area (TPSA) is 76.7 Å². The Morgan fingerprint density at radius 1 is 1.55 bits per heavy atom. The molecule has 0 radical (unpaired) electrons. The summed E-state index contributed by atoms with van der Waals surface area (Å²) in [6.07, 6.45) is 0.816. The summed E-state index contributed by atoms with van der Waals surface area (Å²) >= 11 is 1.24. The van der Waals surface area contributed by atoms with Gasteiger partial charge in [0, 0.05) is 23.0 Å². The average molecular weight is 296 g/mol. The van der Waals surface area contributed by atoms with Gasteiger partial charge in [-0.05, 0) is 37.2 Å². The predicted molar refractivity (Wildman–Crippen MR) is 76.3 cm³/mol. The summed E-state index contributed by atoms with van der Waals surface area (Å²) in [4.78, 5) is 12.3. The number of rotatable bonds is 5. The van der Waals surface area contributed by atoms with E-state index in [0.717, 1.165) is 6.42 Å². The first-order chi connectivity index (χ1) is 9.54. The molecule has 1 aromatic heterocycles. The molecule has 0 saturated carbocycles. The summed E-state index contributed by atoms with van der Waals surface area (Å²) in [7, 11) is 0. The van der Waals surface area contributed by atoms with Crippen molar-refractivity contribution in [2.45, 2.75) is 42.9 Å². The Morgan fingerprint density at radius 3 is 2.95 bits per heavy atom. The molecule has 1 aromatic carbocycles. The molecule has 2 rings (SSSR count). The number of benzene rings is 1. The van der Waals surface area contributed by atoms with Crippen LogP contribution >= 0.6 is 11.8 Å². The molecule has 1 heterocycles. The molecule has 0 saturated heterocycles. The molecule has 7 heteroatoms. The quantitative estimate of drug-likeness (QED) is 0.887. The van der Waals surface area contributed by atoms with Crippen molar-refractivity contribution in [3.05, 3.63) is 40.1 Å². The fraction of sp³-hybridized carbons (Fsp3) is 0.385. The zero-order valence-corrected chi connectivity index (χ0v) is 12.2. The Morgan fingerprint density at radius 2 is 2.30 bits per heavy atom. The fourth-order valence-corrected chi connectivity index (χ4v) is 3.06. The zero-order chi connectivity index (χ0) is 14.7. The molecular formula is C13H17FN4OS. The summed E-state index contributed by atoms with van der Waals surface area (Å²) in [6.45, 7) is 4.27. The number of hydrogen-bond donors (Lipinski definition) is 2. The van der Waals surface area contributed by atoms with Crippen LogP contribution in [0.3, 0.4) is 0 Å². The molecule has 0 aliphatic heterocycles. The molecule has 0 aliphatic rings. The lowest BCUT2D eigenvalue weighted by molar-refractivity contribution is 0.584. The van der Waals surface area contributed by atoms with Crippen molar-refractivity contribution >= 4 is 11.8 Å². The molecule has 0 amide bonds. The fourth-order valence-electron chi connectivity index (χ4n) is 1.95. The standard InChI is InChI=1S/C13H17FN4OS/c1-3-7-18-12(19)16-17-13(18)20-10-6-4-5-9(14)11(10)8(2)15/h4-6,8H,3,7,15H2,1-2H3,(H,16,19). The molecule has 108 valence electrons. The lowest BCUT2D eigenvalue weighted by Gasteiger charge is -2.13. The van der Waals surface area contributed by atoms with E-state index in [1.165, 1.54) is 17.8 Å². The van der Waals surface area contributed by atoms with Crippen LogP contribution in [-0.2, 0) is 6.54 Å². The van der Waals surface area contributed by atoms with Gasteiger partial charge in [0.2, 0.25) is 0 Å². The molecule has 0 bridgehead atoms. The Kier molecular flexibility index (Phi) is 4.61. The molecule has 0 fully saturated rings. The van der Waals surface area contributed by atoms with Gasteiger partial charge < -0.3 is 5.73 Å². The van der Waals surface area contributed by atoms with Crippen molar-refractivity contribution in [3.8, 4) is 0 Å². The maximum absolute atomic E-state index is 13.9. The molecule has 3 N–H and O–H groups in total. The monoisotopic (exact) mass is 296 g/mol. The smallest absolute Gasteiger partial charge is 0.324 e. The highest BCUT2D eigenvalue weighted by Gasteiger charge is 2.16. The van der Waals surface area contributed by atoms with Crippen LogP contribution in [-0.4, -0.2) is 14.8 Å². The maximum Gasteiger partial charge on any atom is 0.343 e. The van der Waals surface area contributed by atoms with Gasteiger partial charge in [-0.1, -0.05) is 13.0 Å². The molecular weight excluding hydrogens is 279 g/mol. The van der Waals surface area contributed by atoms with Crippen molar-refractivity contribution in [1.82, 2.24) is 14.8 Å². The second-order valence-electron chi connectivity index (χ2n) is 4.51. The summed E-state index contributed by atoms with van der Waals surface area (Å²) in [5.74, 6) is -0.343. The Balaban J connectivity index is 2.40. The molecule has 0 spiro atoms. The number of H-pyrrole nitrogens is 1. The zero-order valence-electron chi connectivity index (χ0n) is 11.4. The van der Waals surface area contributed by atoms with Gasteiger partial charge >= 0.3 is 5.69 Å². The number of nitrogens with two attached hydrogens (primary N) is 1. The van der Waals surface area contributed by atoms with Crippen LogP contribution in [0.4, 0.5) is 4.39 Å². The first-order valence-electron chi connectivity index (χ1n) is 6.41. The van der Waals surface area contributed by atoms with E-state index >= 15 is 0 Å². The van der Waals surface area contributed by atoms with E-state index in [9.17, 15) is 9.18 Å². The number of nitrogens with zero attached hydrogens (tertiary/aromatic N) is 2. The van der Waals surface area contributed by atoms with Crippen molar-refractivity contribution in [2.75, 3.05) is 0 Å². The lowest BCUT2D eigenvalue weighted by atomic mass is 10.1. The number of aromatic amines is 1. The highest BCUT2D eigenvalue weighted by molar-refractivity contribution is 7.99. The average Bonchev–Trinajstić information content (AvgIpc) is 2.72. The van der Waals surface area contributed by atoms with Gasteiger partial charge in [0.25, 0.3) is 0 Å². The van der Waals surface area contributed by atoms with Crippen LogP contribution in [0.25, 0.3) is 0 Å². The highest BCUT2D eigenvalue weighted by atomic mass is 32.2. The molecule has 0 aliphatic carbocycles. The molecule has 2 aromatic rings. The number of nitrogens with one attached hydrogen (secondary N) is 1. The van der Waals surface area contributed by atoms with Crippen molar-refractivity contribution in [3.63, 3.8) is 0 Å². The number of halogens is 1. The SMILES string of the molecule is CCCn1c(Sc2cccc(F)c2C(C)N)n[nH]c1=O. The first-order valence-corrected chi connectivity index (χ1v) is 7.23. The third kappa shape index (κ3) is 2.94. The summed E-state index contributed by atoms with van der Waals surface area (Å²) < 4.78 is 15.4. The van der Waals surface area contributed by atoms with Crippen LogP contribution < -0.4 is 11.4 Å². The van der Waals surface area contributed by atoms with E-state index in [0.29, 0.717) is 22.2 Å². The third-order valence-corrected chi connectivity index (χ3v) is 3.91. The van der Waals surface area contributed by atoms with Crippen LogP contribution in [0.2, 0.25) is 0 Å². The van der Waals surface area contributed by atoms with Crippen LogP contribution in [0, 0.1) is 5.82 Å². The van der Waals surface area contributed by atoms with Gasteiger partial charge in [0.15, 0.2) is 5.16 Å². The molecule has 5 nitrogen and oxygen atoms in total. The van der Waals surface area contributed by atoms with Crippen molar-refractivity contribution in [2.24, 2.45) is 5.73 Å². The van der Waals surface area contributed by atoms with E-state index in [4.69, 9.17) is 5.73 Å². The van der Waals surface area contributed by atoms with Crippen LogP contribution in [0.5, 0.6) is 0 Å². The van der Waals surface area contributed by atoms with Gasteiger partial charge in [-0.25, -0.2) is 14.3 Å². The lowest BCUT2D eigenvalue weighted by Crippen LogP contribution is -2.17. The highest BCUT2D eigenvalue weighted by Crippen LogP contribution is 2.32. The van der Waals surface area contributed by atoms with Gasteiger partial charge in [-0.15, -0.1) is 5.10 Å². The minimum atomic E-state index is -0.427. The van der Waals surface area contributed by atoms with Gasteiger partial charge in [0.1, 0.15) is 5.82 Å². The van der Waals surface area contributed by atoms with Gasteiger partial charge in [-0.2, -0.15) is 0 Å². The first kappa shape index (κ1) is 14.8. The van der Waals surface area contributed by atoms with E-state index in [-0.39, 0.29) is 11.5 Å². The largest absolute Gasteiger partial charge is 0.343 e. The van der Waals surface area contributed by atoms with E-state index in [1.807, 2.05) is 6.92 Å². The number of hydrogen-bond acceptors (Lipinski definition) is 4. The predicted octanol–water partition coefficient (Wildman–Crippen LogP) is 2.29. The van der Waals surface area contributed by atoms with Crippen LogP contribution in [0.1, 0.15) is 31.9 Å². The molecule has 1 unspecified atom stereocenters. The van der Waals surface area contributed by atoms with E-state index in [2.05, 4.69) is 10.2 Å². The second kappa shape index (κ2) is 6.23. The van der Waals surface area contributed by atoms with Gasteiger partial charge in [-0.3, -0.25) is 4.57 Å². The van der Waals surface area contributed by atoms with Crippen molar-refractivity contribution in [1.29, 1.82) is 0 Å².